The highest BCUT2D eigenvalue weighted by molar-refractivity contribution is 5.91. The van der Waals surface area contributed by atoms with Crippen molar-refractivity contribution in [2.45, 2.75) is 0 Å². The van der Waals surface area contributed by atoms with Gasteiger partial charge < -0.3 is 15.5 Å². The van der Waals surface area contributed by atoms with E-state index in [1.165, 1.54) is 0 Å². The minimum Gasteiger partial charge on any atom is -0.399 e. The van der Waals surface area contributed by atoms with Crippen LogP contribution in [0.4, 0.5) is 5.69 Å². The predicted octanol–water partition coefficient (Wildman–Crippen LogP) is 1.30. The Morgan fingerprint density at radius 3 is 2.61 bits per heavy atom. The van der Waals surface area contributed by atoms with Gasteiger partial charge in [0.25, 0.3) is 0 Å². The van der Waals surface area contributed by atoms with Gasteiger partial charge in [0.15, 0.2) is 0 Å². The Bertz CT molecular complexity index is 427. The molecule has 0 aliphatic heterocycles. The first-order valence-corrected chi connectivity index (χ1v) is 5.92. The van der Waals surface area contributed by atoms with E-state index in [2.05, 4.69) is 0 Å². The third-order valence-corrected chi connectivity index (χ3v) is 2.59. The normalized spacial score (nSPS) is 11.1. The van der Waals surface area contributed by atoms with Crippen LogP contribution in [0.1, 0.15) is 5.56 Å². The Hall–Kier alpha value is -1.81. The number of benzene rings is 1. The van der Waals surface area contributed by atoms with Gasteiger partial charge in [0.2, 0.25) is 5.91 Å². The summed E-state index contributed by atoms with van der Waals surface area (Å²) >= 11 is 0. The largest absolute Gasteiger partial charge is 0.399 e. The van der Waals surface area contributed by atoms with Crippen LogP contribution in [0.2, 0.25) is 0 Å². The lowest BCUT2D eigenvalue weighted by Crippen LogP contribution is -2.32. The second-order valence-electron chi connectivity index (χ2n) is 4.57. The molecule has 0 aromatic heterocycles. The van der Waals surface area contributed by atoms with Gasteiger partial charge in [-0.3, -0.25) is 4.79 Å². The molecule has 18 heavy (non-hydrogen) atoms. The summed E-state index contributed by atoms with van der Waals surface area (Å²) in [4.78, 5) is 15.5. The van der Waals surface area contributed by atoms with Crippen LogP contribution in [0.5, 0.6) is 0 Å². The van der Waals surface area contributed by atoms with E-state index in [1.807, 2.05) is 43.3 Å². The van der Waals surface area contributed by atoms with Crippen molar-refractivity contribution >= 4 is 17.7 Å². The molecule has 0 saturated carbocycles. The van der Waals surface area contributed by atoms with Crippen molar-refractivity contribution in [3.8, 4) is 0 Å². The average molecular weight is 247 g/mol. The first-order chi connectivity index (χ1) is 8.49. The average Bonchev–Trinajstić information content (AvgIpc) is 2.33. The fraction of sp³-hybridized carbons (Fsp3) is 0.357. The zero-order chi connectivity index (χ0) is 13.5. The summed E-state index contributed by atoms with van der Waals surface area (Å²) in [6.07, 6.45) is 3.36. The van der Waals surface area contributed by atoms with Crippen molar-refractivity contribution in [2.75, 3.05) is 40.0 Å². The smallest absolute Gasteiger partial charge is 0.246 e. The van der Waals surface area contributed by atoms with Crippen LogP contribution in [-0.2, 0) is 4.79 Å². The maximum absolute atomic E-state index is 11.8. The molecule has 0 spiro atoms. The van der Waals surface area contributed by atoms with E-state index in [9.17, 15) is 4.79 Å². The summed E-state index contributed by atoms with van der Waals surface area (Å²) in [6, 6.07) is 7.45. The first kappa shape index (κ1) is 14.3. The van der Waals surface area contributed by atoms with Crippen molar-refractivity contribution in [3.05, 3.63) is 35.9 Å². The number of carbonyl (C=O) groups is 1. The van der Waals surface area contributed by atoms with E-state index < -0.39 is 0 Å². The molecule has 0 atom stereocenters. The molecule has 0 unspecified atom stereocenters. The Labute approximate surface area is 109 Å². The number of rotatable bonds is 5. The minimum atomic E-state index is -0.000672. The first-order valence-electron chi connectivity index (χ1n) is 5.92. The molecule has 2 N–H and O–H groups in total. The predicted molar refractivity (Wildman–Crippen MR) is 76.1 cm³/mol. The van der Waals surface area contributed by atoms with Crippen LogP contribution in [0, 0.1) is 0 Å². The topological polar surface area (TPSA) is 49.6 Å². The highest BCUT2D eigenvalue weighted by atomic mass is 16.2. The molecule has 98 valence electrons. The van der Waals surface area contributed by atoms with Gasteiger partial charge in [0, 0.05) is 31.9 Å². The Balaban J connectivity index is 2.53. The van der Waals surface area contributed by atoms with Gasteiger partial charge in [-0.15, -0.1) is 0 Å². The SMILES string of the molecule is CN(C)CCN(C)C(=O)/C=C/c1cccc(N)c1. The Morgan fingerprint density at radius 2 is 2.00 bits per heavy atom. The van der Waals surface area contributed by atoms with Crippen molar-refractivity contribution < 1.29 is 4.79 Å². The summed E-state index contributed by atoms with van der Waals surface area (Å²) in [6.45, 7) is 1.57. The van der Waals surface area contributed by atoms with E-state index in [0.29, 0.717) is 12.2 Å². The van der Waals surface area contributed by atoms with Crippen LogP contribution in [-0.4, -0.2) is 49.9 Å². The zero-order valence-electron chi connectivity index (χ0n) is 11.3. The fourth-order valence-electron chi connectivity index (χ4n) is 1.42. The van der Waals surface area contributed by atoms with Crippen molar-refractivity contribution in [2.24, 2.45) is 0 Å². The van der Waals surface area contributed by atoms with Crippen molar-refractivity contribution in [3.63, 3.8) is 0 Å². The quantitative estimate of drug-likeness (QED) is 0.630. The van der Waals surface area contributed by atoms with Gasteiger partial charge in [-0.25, -0.2) is 0 Å². The molecule has 1 aromatic rings. The standard InChI is InChI=1S/C14H21N3O/c1-16(2)9-10-17(3)14(18)8-7-12-5-4-6-13(15)11-12/h4-8,11H,9-10,15H2,1-3H3/b8-7+. The molecule has 4 heteroatoms. The third-order valence-electron chi connectivity index (χ3n) is 2.59. The number of nitrogen functional groups attached to an aromatic ring is 1. The fourth-order valence-corrected chi connectivity index (χ4v) is 1.42. The molecule has 0 aliphatic rings. The van der Waals surface area contributed by atoms with Crippen LogP contribution in [0.15, 0.2) is 30.3 Å². The van der Waals surface area contributed by atoms with Crippen LogP contribution in [0.3, 0.4) is 0 Å². The number of hydrogen-bond donors (Lipinski definition) is 1. The molecule has 0 radical (unpaired) electrons. The molecule has 0 heterocycles. The lowest BCUT2D eigenvalue weighted by molar-refractivity contribution is -0.124. The number of likely N-dealkylation sites (N-methyl/N-ethyl adjacent to an activating group) is 2. The number of nitrogens with two attached hydrogens (primary N) is 1. The molecule has 1 rings (SSSR count). The zero-order valence-corrected chi connectivity index (χ0v) is 11.3. The van der Waals surface area contributed by atoms with Gasteiger partial charge in [-0.1, -0.05) is 12.1 Å². The molecule has 0 fully saturated rings. The molecular formula is C14H21N3O. The lowest BCUT2D eigenvalue weighted by Gasteiger charge is -2.17. The number of nitrogens with zero attached hydrogens (tertiary/aromatic N) is 2. The molecular weight excluding hydrogens is 226 g/mol. The van der Waals surface area contributed by atoms with Gasteiger partial charge >= 0.3 is 0 Å². The van der Waals surface area contributed by atoms with Crippen LogP contribution in [0.25, 0.3) is 6.08 Å². The number of carbonyl (C=O) groups excluding carboxylic acids is 1. The number of amides is 1. The summed E-state index contributed by atoms with van der Waals surface area (Å²) in [5.41, 5.74) is 7.31. The Kier molecular flexibility index (Phi) is 5.39. The van der Waals surface area contributed by atoms with Gasteiger partial charge in [-0.2, -0.15) is 0 Å². The molecule has 0 bridgehead atoms. The maximum Gasteiger partial charge on any atom is 0.246 e. The number of anilines is 1. The van der Waals surface area contributed by atoms with Gasteiger partial charge in [0.1, 0.15) is 0 Å². The van der Waals surface area contributed by atoms with Gasteiger partial charge in [-0.05, 0) is 37.9 Å². The van der Waals surface area contributed by atoms with Crippen LogP contribution < -0.4 is 5.73 Å². The van der Waals surface area contributed by atoms with E-state index in [-0.39, 0.29) is 5.91 Å². The van der Waals surface area contributed by atoms with E-state index in [0.717, 1.165) is 12.1 Å². The molecule has 4 nitrogen and oxygen atoms in total. The second-order valence-corrected chi connectivity index (χ2v) is 4.57. The van der Waals surface area contributed by atoms with E-state index in [4.69, 9.17) is 5.73 Å². The van der Waals surface area contributed by atoms with Crippen LogP contribution >= 0.6 is 0 Å². The van der Waals surface area contributed by atoms with Crippen molar-refractivity contribution in [1.29, 1.82) is 0 Å². The number of hydrogen-bond acceptors (Lipinski definition) is 3. The monoisotopic (exact) mass is 247 g/mol. The summed E-state index contributed by atoms with van der Waals surface area (Å²) in [5, 5.41) is 0. The van der Waals surface area contributed by atoms with Gasteiger partial charge in [0.05, 0.1) is 0 Å². The molecule has 1 aromatic carbocycles. The second kappa shape index (κ2) is 6.81. The highest BCUT2D eigenvalue weighted by Gasteiger charge is 2.04. The molecule has 1 amide bonds. The third kappa shape index (κ3) is 5.01. The summed E-state index contributed by atoms with van der Waals surface area (Å²) < 4.78 is 0. The summed E-state index contributed by atoms with van der Waals surface area (Å²) in [7, 11) is 5.78. The molecule has 0 saturated heterocycles. The Morgan fingerprint density at radius 1 is 1.28 bits per heavy atom. The highest BCUT2D eigenvalue weighted by Crippen LogP contribution is 2.08. The van der Waals surface area contributed by atoms with E-state index >= 15 is 0 Å². The summed E-state index contributed by atoms with van der Waals surface area (Å²) in [5.74, 6) is -0.000672. The maximum atomic E-state index is 11.8. The van der Waals surface area contributed by atoms with Crippen molar-refractivity contribution in [1.82, 2.24) is 9.80 Å². The lowest BCUT2D eigenvalue weighted by atomic mass is 10.2. The molecule has 0 aliphatic carbocycles. The minimum absolute atomic E-state index is 0.000672. The van der Waals surface area contributed by atoms with E-state index in [1.54, 1.807) is 24.1 Å².